The lowest BCUT2D eigenvalue weighted by molar-refractivity contribution is 0.0240. The third-order valence-corrected chi connectivity index (χ3v) is 5.77. The van der Waals surface area contributed by atoms with E-state index in [1.54, 1.807) is 4.52 Å². The molecule has 0 bridgehead atoms. The van der Waals surface area contributed by atoms with Crippen molar-refractivity contribution >= 4 is 16.3 Å². The lowest BCUT2D eigenvalue weighted by Crippen LogP contribution is -2.39. The van der Waals surface area contributed by atoms with Crippen LogP contribution in [0.15, 0.2) is 24.3 Å². The third-order valence-electron chi connectivity index (χ3n) is 4.70. The lowest BCUT2D eigenvalue weighted by Gasteiger charge is -2.34. The van der Waals surface area contributed by atoms with E-state index in [-0.39, 0.29) is 11.9 Å². The first-order valence-electron chi connectivity index (χ1n) is 8.63. The number of nitrogens with zero attached hydrogens (tertiary/aromatic N) is 4. The molecule has 0 amide bonds. The molecule has 1 aromatic carbocycles. The van der Waals surface area contributed by atoms with Gasteiger partial charge in [-0.05, 0) is 18.1 Å². The number of thiazole rings is 1. The summed E-state index contributed by atoms with van der Waals surface area (Å²) in [6.07, 6.45) is 0.758. The van der Waals surface area contributed by atoms with Gasteiger partial charge in [0.1, 0.15) is 0 Å². The fourth-order valence-corrected chi connectivity index (χ4v) is 4.48. The number of hydrogen-bond acceptors (Lipinski definition) is 6. The van der Waals surface area contributed by atoms with Crippen molar-refractivity contribution in [2.75, 3.05) is 26.3 Å². The molecule has 1 fully saturated rings. The molecule has 0 radical (unpaired) electrons. The Labute approximate surface area is 150 Å². The highest BCUT2D eigenvalue weighted by molar-refractivity contribution is 7.17. The highest BCUT2D eigenvalue weighted by Gasteiger charge is 2.31. The molecular weight excluding hydrogens is 336 g/mol. The Morgan fingerprint density at radius 3 is 2.72 bits per heavy atom. The first-order valence-corrected chi connectivity index (χ1v) is 9.45. The van der Waals surface area contributed by atoms with Crippen molar-refractivity contribution in [3.05, 3.63) is 46.1 Å². The summed E-state index contributed by atoms with van der Waals surface area (Å²) in [6.45, 7) is 7.24. The van der Waals surface area contributed by atoms with E-state index >= 15 is 0 Å². The summed E-state index contributed by atoms with van der Waals surface area (Å²) >= 11 is 1.52. The maximum absolute atomic E-state index is 10.9. The van der Waals surface area contributed by atoms with Gasteiger partial charge in [-0.15, -0.1) is 5.10 Å². The van der Waals surface area contributed by atoms with Gasteiger partial charge in [0.25, 0.3) is 0 Å². The van der Waals surface area contributed by atoms with Crippen LogP contribution in [0.2, 0.25) is 0 Å². The van der Waals surface area contributed by atoms with E-state index in [2.05, 4.69) is 40.1 Å². The van der Waals surface area contributed by atoms with Crippen molar-refractivity contribution in [1.29, 1.82) is 0 Å². The van der Waals surface area contributed by atoms with Crippen LogP contribution in [-0.4, -0.2) is 50.9 Å². The molecule has 2 aromatic heterocycles. The van der Waals surface area contributed by atoms with Gasteiger partial charge in [-0.25, -0.2) is 4.98 Å². The summed E-state index contributed by atoms with van der Waals surface area (Å²) in [4.78, 5) is 8.54. The molecule has 0 saturated carbocycles. The molecule has 1 N–H and O–H groups in total. The predicted octanol–water partition coefficient (Wildman–Crippen LogP) is 2.79. The van der Waals surface area contributed by atoms with Crippen molar-refractivity contribution in [3.8, 4) is 5.88 Å². The van der Waals surface area contributed by atoms with Crippen LogP contribution >= 0.6 is 11.3 Å². The van der Waals surface area contributed by atoms with E-state index in [9.17, 15) is 5.11 Å². The Morgan fingerprint density at radius 2 is 2.04 bits per heavy atom. The second-order valence-corrected chi connectivity index (χ2v) is 7.28. The molecule has 7 heteroatoms. The van der Waals surface area contributed by atoms with Gasteiger partial charge >= 0.3 is 0 Å². The van der Waals surface area contributed by atoms with Crippen molar-refractivity contribution in [1.82, 2.24) is 19.5 Å². The van der Waals surface area contributed by atoms with Gasteiger partial charge in [-0.2, -0.15) is 4.52 Å². The average molecular weight is 358 g/mol. The van der Waals surface area contributed by atoms with Gasteiger partial charge in [0.2, 0.25) is 10.8 Å². The molecule has 1 unspecified atom stereocenters. The SMILES string of the molecule is CCc1nc2sc(C(c3ccccc3C)N3CCOCC3)c(O)n2n1. The zero-order valence-corrected chi connectivity index (χ0v) is 15.3. The second-order valence-electron chi connectivity index (χ2n) is 6.27. The Kier molecular flexibility index (Phi) is 4.45. The van der Waals surface area contributed by atoms with Gasteiger partial charge in [-0.1, -0.05) is 42.5 Å². The van der Waals surface area contributed by atoms with Gasteiger partial charge < -0.3 is 9.84 Å². The molecule has 25 heavy (non-hydrogen) atoms. The average Bonchev–Trinajstić information content (AvgIpc) is 3.18. The smallest absolute Gasteiger partial charge is 0.230 e. The van der Waals surface area contributed by atoms with Gasteiger partial charge in [0.05, 0.1) is 24.1 Å². The molecule has 132 valence electrons. The number of aromatic nitrogens is 3. The Hall–Kier alpha value is -1.96. The number of fused-ring (bicyclic) bond motifs is 1. The summed E-state index contributed by atoms with van der Waals surface area (Å²) in [7, 11) is 0. The molecule has 0 aliphatic carbocycles. The summed E-state index contributed by atoms with van der Waals surface area (Å²) in [5.41, 5.74) is 2.42. The molecule has 1 atom stereocenters. The Morgan fingerprint density at radius 1 is 1.28 bits per heavy atom. The van der Waals surface area contributed by atoms with E-state index in [0.29, 0.717) is 13.2 Å². The summed E-state index contributed by atoms with van der Waals surface area (Å²) in [6, 6.07) is 8.35. The quantitative estimate of drug-likeness (QED) is 0.777. The molecule has 1 aliphatic rings. The van der Waals surface area contributed by atoms with Crippen molar-refractivity contribution in [3.63, 3.8) is 0 Å². The molecule has 1 aliphatic heterocycles. The van der Waals surface area contributed by atoms with Crippen LogP contribution in [0.1, 0.15) is 34.8 Å². The lowest BCUT2D eigenvalue weighted by atomic mass is 9.98. The highest BCUT2D eigenvalue weighted by Crippen LogP contribution is 2.41. The Bertz CT molecular complexity index is 882. The third kappa shape index (κ3) is 2.92. The second kappa shape index (κ2) is 6.74. The fraction of sp³-hybridized carbons (Fsp3) is 0.444. The van der Waals surface area contributed by atoms with Crippen molar-refractivity contribution in [2.24, 2.45) is 0 Å². The number of hydrogen-bond donors (Lipinski definition) is 1. The zero-order chi connectivity index (χ0) is 17.4. The normalized spacial score (nSPS) is 17.2. The van der Waals surface area contributed by atoms with Gasteiger partial charge in [0.15, 0.2) is 5.82 Å². The molecule has 3 heterocycles. The number of aromatic hydroxyl groups is 1. The van der Waals surface area contributed by atoms with Crippen LogP contribution in [0.4, 0.5) is 0 Å². The molecular formula is C18H22N4O2S. The van der Waals surface area contributed by atoms with E-state index in [4.69, 9.17) is 4.74 Å². The standard InChI is InChI=1S/C18H22N4O2S/c1-3-14-19-18-22(20-14)17(23)16(25-18)15(21-8-10-24-11-9-21)13-7-5-4-6-12(13)2/h4-7,15,23H,3,8-11H2,1-2H3. The van der Waals surface area contributed by atoms with Crippen molar-refractivity contribution < 1.29 is 9.84 Å². The number of rotatable bonds is 4. The van der Waals surface area contributed by atoms with Crippen LogP contribution in [0, 0.1) is 6.92 Å². The minimum atomic E-state index is -0.0105. The van der Waals surface area contributed by atoms with Crippen LogP contribution in [-0.2, 0) is 11.2 Å². The Balaban J connectivity index is 1.84. The molecule has 3 aromatic rings. The monoisotopic (exact) mass is 358 g/mol. The predicted molar refractivity (Wildman–Crippen MR) is 97.3 cm³/mol. The van der Waals surface area contributed by atoms with E-state index in [1.165, 1.54) is 22.5 Å². The van der Waals surface area contributed by atoms with E-state index in [0.717, 1.165) is 35.2 Å². The number of aryl methyl sites for hydroxylation is 2. The van der Waals surface area contributed by atoms with Crippen LogP contribution < -0.4 is 0 Å². The zero-order valence-electron chi connectivity index (χ0n) is 14.5. The summed E-state index contributed by atoms with van der Waals surface area (Å²) < 4.78 is 7.10. The molecule has 6 nitrogen and oxygen atoms in total. The number of ether oxygens (including phenoxy) is 1. The topological polar surface area (TPSA) is 62.9 Å². The first-order chi connectivity index (χ1) is 12.2. The maximum atomic E-state index is 10.9. The summed E-state index contributed by atoms with van der Waals surface area (Å²) in [5, 5.41) is 15.3. The van der Waals surface area contributed by atoms with Gasteiger partial charge in [-0.3, -0.25) is 4.90 Å². The van der Waals surface area contributed by atoms with E-state index in [1.807, 2.05) is 13.0 Å². The van der Waals surface area contributed by atoms with Crippen LogP contribution in [0.3, 0.4) is 0 Å². The van der Waals surface area contributed by atoms with Crippen LogP contribution in [0.5, 0.6) is 5.88 Å². The maximum Gasteiger partial charge on any atom is 0.230 e. The minimum absolute atomic E-state index is 0.0105. The fourth-order valence-electron chi connectivity index (χ4n) is 3.35. The highest BCUT2D eigenvalue weighted by atomic mass is 32.1. The van der Waals surface area contributed by atoms with Crippen LogP contribution in [0.25, 0.3) is 4.96 Å². The largest absolute Gasteiger partial charge is 0.492 e. The summed E-state index contributed by atoms with van der Waals surface area (Å²) in [5.74, 6) is 0.957. The van der Waals surface area contributed by atoms with E-state index < -0.39 is 0 Å². The first kappa shape index (κ1) is 16.5. The number of benzene rings is 1. The minimum Gasteiger partial charge on any atom is -0.492 e. The molecule has 0 spiro atoms. The van der Waals surface area contributed by atoms with Crippen molar-refractivity contribution in [2.45, 2.75) is 26.3 Å². The number of morpholine rings is 1. The molecule has 1 saturated heterocycles. The molecule has 4 rings (SSSR count). The van der Waals surface area contributed by atoms with Gasteiger partial charge in [0, 0.05) is 19.5 Å².